The van der Waals surface area contributed by atoms with Gasteiger partial charge in [-0.05, 0) is 49.3 Å². The Labute approximate surface area is 361 Å². The first kappa shape index (κ1) is 66.7. The number of carbonyl (C=O) groups is 2. The van der Waals surface area contributed by atoms with E-state index in [1.54, 1.807) is 0 Å². The predicted octanol–water partition coefficient (Wildman–Crippen LogP) is -5.01. The molecule has 1 aromatic heterocycles. The number of ketones is 2. The van der Waals surface area contributed by atoms with Crippen LogP contribution < -0.4 is 40.9 Å². The van der Waals surface area contributed by atoms with Crippen LogP contribution in [0.5, 0.6) is 11.5 Å². The van der Waals surface area contributed by atoms with E-state index in [0.29, 0.717) is 0 Å². The SMILES string of the molecule is CC(=O)/C=C(/C)[O-].CC(=O)/C=C(/C)[O-].CO.CO.CO.CO.[Mn+2].[Mn+3].[Mn+3].[O-]/C(=N\N=C(/[O-])c1ccccc1[O-])c1cccc(/C([O-])=N/N=C(\[O-])c2ccccc2[O-])n1. The number of hydrogen-bond donors (Lipinski definition) is 4. The van der Waals surface area contributed by atoms with E-state index >= 15 is 0 Å². The maximum absolute atomic E-state index is 12.1. The van der Waals surface area contributed by atoms with Crippen molar-refractivity contribution in [3.8, 4) is 11.5 Å². The number of nitrogens with zero attached hydrogens (tertiary/aromatic N) is 5. The van der Waals surface area contributed by atoms with Crippen LogP contribution in [0.4, 0.5) is 0 Å². The van der Waals surface area contributed by atoms with E-state index in [2.05, 4.69) is 25.4 Å². The summed E-state index contributed by atoms with van der Waals surface area (Å²) in [4.78, 5) is 23.7. The number of carbonyl (C=O) groups excluding carboxylic acids is 2. The van der Waals surface area contributed by atoms with Gasteiger partial charge in [0.25, 0.3) is 0 Å². The van der Waals surface area contributed by atoms with Gasteiger partial charge in [-0.2, -0.15) is 20.4 Å². The molecule has 1 heterocycles. The number of pyridine rings is 1. The van der Waals surface area contributed by atoms with Gasteiger partial charge in [-0.25, -0.2) is 4.98 Å². The van der Waals surface area contributed by atoms with Gasteiger partial charge in [0, 0.05) is 52.0 Å². The predicted molar refractivity (Wildman–Crippen MR) is 184 cm³/mol. The monoisotopic (exact) mass is 920 g/mol. The number of aliphatic hydroxyl groups excluding tert-OH is 4. The fourth-order valence-corrected chi connectivity index (χ4v) is 2.92. The largest absolute Gasteiger partial charge is 3.00 e. The maximum Gasteiger partial charge on any atom is 3.00 e. The standard InChI is InChI=1S/C21H17N5O6.2C5H8O2.4CH4O.3Mn/c27-16-10-3-1-6-12(16)18(29)23-25-20(31)14-8-5-9-15(22-14)21(32)26-24-19(30)13-7-2-4-11-17(13)28;2*1-4(6)3-5(2)7;4*1-2;;;/h1-11,27-28H,(H,23,29)(H,24,30)(H,25,31)(H,26,32);2*3,6H,1-2H3;4*2H,1H3;;;/q;;;;;;;+2;2*+3/p-8/b;2*4-3-;;;;;;;. The van der Waals surface area contributed by atoms with Crippen LogP contribution in [0.3, 0.4) is 0 Å². The second kappa shape index (κ2) is 42.0. The molecule has 3 aromatic rings. The van der Waals surface area contributed by atoms with Crippen LogP contribution in [-0.2, 0) is 60.8 Å². The molecule has 0 aliphatic carbocycles. The van der Waals surface area contributed by atoms with Crippen molar-refractivity contribution in [2.24, 2.45) is 20.4 Å². The van der Waals surface area contributed by atoms with Gasteiger partial charge < -0.3 is 61.3 Å². The summed E-state index contributed by atoms with van der Waals surface area (Å²) in [6.45, 7) is 5.39. The molecular weight excluding hydrogens is 879 g/mol. The fourth-order valence-electron chi connectivity index (χ4n) is 2.92. The molecule has 0 fully saturated rings. The number of hydrogen-bond acceptors (Lipinski definition) is 19. The van der Waals surface area contributed by atoms with E-state index in [9.17, 15) is 50.4 Å². The van der Waals surface area contributed by atoms with Crippen molar-refractivity contribution < 1.29 is 122 Å². The molecule has 0 bridgehead atoms. The first-order valence-electron chi connectivity index (χ1n) is 14.6. The zero-order valence-electron chi connectivity index (χ0n) is 31.7. The van der Waals surface area contributed by atoms with Crippen molar-refractivity contribution in [2.45, 2.75) is 27.7 Å². The number of benzene rings is 2. The van der Waals surface area contributed by atoms with Crippen molar-refractivity contribution in [3.63, 3.8) is 0 Å². The van der Waals surface area contributed by atoms with Crippen LogP contribution in [0.1, 0.15) is 50.2 Å². The van der Waals surface area contributed by atoms with E-state index < -0.39 is 35.1 Å². The van der Waals surface area contributed by atoms with Crippen molar-refractivity contribution in [1.29, 1.82) is 0 Å². The molecule has 0 aliphatic rings. The average Bonchev–Trinajstić information content (AvgIpc) is 3.15. The summed E-state index contributed by atoms with van der Waals surface area (Å²) in [7, 11) is 4.00. The van der Waals surface area contributed by atoms with Crippen molar-refractivity contribution in [2.75, 3.05) is 28.4 Å². The summed E-state index contributed by atoms with van der Waals surface area (Å²) in [6.07, 6.45) is 2.11. The summed E-state index contributed by atoms with van der Waals surface area (Å²) >= 11 is 0. The van der Waals surface area contributed by atoms with Gasteiger partial charge in [0.15, 0.2) is 11.6 Å². The van der Waals surface area contributed by atoms with Gasteiger partial charge in [-0.15, -0.1) is 23.0 Å². The van der Waals surface area contributed by atoms with Gasteiger partial charge >= 0.3 is 51.2 Å². The molecule has 3 rings (SSSR count). The zero-order chi connectivity index (χ0) is 42.8. The molecule has 0 amide bonds. The first-order chi connectivity index (χ1) is 25.6. The first-order valence-corrected chi connectivity index (χ1v) is 14.6. The number of aromatic nitrogens is 1. The van der Waals surface area contributed by atoms with Gasteiger partial charge in [0.1, 0.15) is 0 Å². The van der Waals surface area contributed by atoms with Crippen molar-refractivity contribution in [3.05, 3.63) is 113 Å². The second-order valence-corrected chi connectivity index (χ2v) is 8.75. The Morgan fingerprint density at radius 1 is 0.491 bits per heavy atom. The summed E-state index contributed by atoms with van der Waals surface area (Å²) in [6, 6.07) is 14.3. The molecule has 0 atom stereocenters. The second-order valence-electron chi connectivity index (χ2n) is 8.75. The molecule has 0 unspecified atom stereocenters. The molecule has 0 aliphatic heterocycles. The third-order valence-corrected chi connectivity index (χ3v) is 4.70. The van der Waals surface area contributed by atoms with E-state index in [4.69, 9.17) is 20.4 Å². The maximum atomic E-state index is 12.1. The molecule has 57 heavy (non-hydrogen) atoms. The van der Waals surface area contributed by atoms with E-state index in [-0.39, 0.29) is 96.8 Å². The number of aliphatic hydroxyl groups is 4. The van der Waals surface area contributed by atoms with Crippen LogP contribution in [-0.4, -0.2) is 89.0 Å². The van der Waals surface area contributed by atoms with Crippen LogP contribution in [0.15, 0.2) is 111 Å². The summed E-state index contributed by atoms with van der Waals surface area (Å²) < 4.78 is 0. The number of allylic oxidation sites excluding steroid dienone is 4. The Morgan fingerprint density at radius 3 is 0.982 bits per heavy atom. The number of para-hydroxylation sites is 2. The molecule has 0 saturated carbocycles. The Balaban J connectivity index is -0.000000167. The van der Waals surface area contributed by atoms with Crippen molar-refractivity contribution >= 4 is 35.2 Å². The Hall–Kier alpha value is -5.11. The summed E-state index contributed by atoms with van der Waals surface area (Å²) in [5.74, 6) is -6.03. The van der Waals surface area contributed by atoms with Gasteiger partial charge in [0.2, 0.25) is 0 Å². The Morgan fingerprint density at radius 2 is 0.754 bits per heavy atom. The minimum atomic E-state index is -1.05. The summed E-state index contributed by atoms with van der Waals surface area (Å²) in [5, 5.41) is 132. The summed E-state index contributed by atoms with van der Waals surface area (Å²) in [5.41, 5.74) is -1.19. The van der Waals surface area contributed by atoms with Gasteiger partial charge in [-0.1, -0.05) is 68.4 Å². The molecule has 1 radical (unpaired) electrons. The third kappa shape index (κ3) is 32.8. The normalized spacial score (nSPS) is 10.7. The van der Waals surface area contributed by atoms with E-state index in [1.165, 1.54) is 82.3 Å². The molecule has 2 aromatic carbocycles. The third-order valence-electron chi connectivity index (χ3n) is 4.70. The Bertz CT molecular complexity index is 1610. The molecule has 0 spiro atoms. The number of rotatable bonds is 8. The smallest absolute Gasteiger partial charge is 0.876 e. The molecule has 311 valence electrons. The topological polar surface area (TPSA) is 362 Å². The van der Waals surface area contributed by atoms with Crippen molar-refractivity contribution in [1.82, 2.24) is 4.98 Å². The van der Waals surface area contributed by atoms with Gasteiger partial charge in [0.05, 0.1) is 11.4 Å². The fraction of sp³-hybridized carbons (Fsp3) is 0.229. The average molecular weight is 921 g/mol. The quantitative estimate of drug-likeness (QED) is 0.0411. The van der Waals surface area contributed by atoms with Crippen LogP contribution in [0.25, 0.3) is 0 Å². The van der Waals surface area contributed by atoms with Crippen LogP contribution in [0.2, 0.25) is 0 Å². The minimum Gasteiger partial charge on any atom is -0.876 e. The molecule has 22 heteroatoms. The van der Waals surface area contributed by atoms with E-state index in [0.717, 1.165) is 52.7 Å². The molecule has 4 N–H and O–H groups in total. The molecule has 19 nitrogen and oxygen atoms in total. The Kier molecular flexibility index (Phi) is 49.2. The van der Waals surface area contributed by atoms with Crippen LogP contribution >= 0.6 is 0 Å². The van der Waals surface area contributed by atoms with E-state index in [1.807, 2.05) is 0 Å². The molecular formula is C35H41Mn3N5O14. The van der Waals surface area contributed by atoms with Crippen LogP contribution in [0, 0.1) is 0 Å². The minimum absolute atomic E-state index is 0. The van der Waals surface area contributed by atoms with Gasteiger partial charge in [-0.3, -0.25) is 9.59 Å². The zero-order valence-corrected chi connectivity index (χ0v) is 35.3. The molecule has 0 saturated heterocycles.